The molecule has 1 aliphatic carbocycles. The number of hydrogen-bond acceptors (Lipinski definition) is 2. The Bertz CT molecular complexity index is 204. The standard InChI is InChI=1S/C8H11IO2/c1-6-2-3-8(7(6)9)10-4-5-11-8/h2-5H2,1H3. The van der Waals surface area contributed by atoms with Crippen LogP contribution >= 0.6 is 22.6 Å². The van der Waals surface area contributed by atoms with E-state index in [2.05, 4.69) is 29.5 Å². The number of allylic oxidation sites excluding steroid dienone is 1. The Balaban J connectivity index is 2.27. The lowest BCUT2D eigenvalue weighted by molar-refractivity contribution is -0.116. The molecule has 1 aliphatic heterocycles. The fourth-order valence-electron chi connectivity index (χ4n) is 1.62. The molecule has 1 fully saturated rings. The van der Waals surface area contributed by atoms with Crippen LogP contribution in [0.2, 0.25) is 0 Å². The van der Waals surface area contributed by atoms with Crippen molar-refractivity contribution in [1.82, 2.24) is 0 Å². The van der Waals surface area contributed by atoms with E-state index in [0.717, 1.165) is 26.1 Å². The molecule has 1 saturated heterocycles. The zero-order valence-electron chi connectivity index (χ0n) is 6.52. The third-order valence-electron chi connectivity index (χ3n) is 2.29. The Morgan fingerprint density at radius 3 is 2.45 bits per heavy atom. The van der Waals surface area contributed by atoms with E-state index >= 15 is 0 Å². The molecule has 0 aromatic carbocycles. The van der Waals surface area contributed by atoms with Gasteiger partial charge in [0.1, 0.15) is 0 Å². The number of ether oxygens (including phenoxy) is 2. The quantitative estimate of drug-likeness (QED) is 0.626. The van der Waals surface area contributed by atoms with Crippen LogP contribution in [0.15, 0.2) is 9.15 Å². The first-order valence-electron chi connectivity index (χ1n) is 3.88. The monoisotopic (exact) mass is 266 g/mol. The number of hydrogen-bond donors (Lipinski definition) is 0. The van der Waals surface area contributed by atoms with Crippen molar-refractivity contribution >= 4 is 22.6 Å². The summed E-state index contributed by atoms with van der Waals surface area (Å²) in [7, 11) is 0. The second-order valence-corrected chi connectivity index (χ2v) is 4.12. The van der Waals surface area contributed by atoms with E-state index in [1.54, 1.807) is 0 Å². The first-order chi connectivity index (χ1) is 5.25. The summed E-state index contributed by atoms with van der Waals surface area (Å²) in [4.78, 5) is 0. The highest BCUT2D eigenvalue weighted by Crippen LogP contribution is 2.44. The van der Waals surface area contributed by atoms with Gasteiger partial charge in [-0.05, 0) is 35.9 Å². The van der Waals surface area contributed by atoms with Crippen LogP contribution in [-0.4, -0.2) is 19.0 Å². The van der Waals surface area contributed by atoms with E-state index in [1.807, 2.05) is 0 Å². The van der Waals surface area contributed by atoms with Crippen LogP contribution in [0.3, 0.4) is 0 Å². The molecule has 11 heavy (non-hydrogen) atoms. The highest BCUT2D eigenvalue weighted by molar-refractivity contribution is 14.1. The Morgan fingerprint density at radius 2 is 2.00 bits per heavy atom. The van der Waals surface area contributed by atoms with Crippen molar-refractivity contribution in [3.63, 3.8) is 0 Å². The smallest absolute Gasteiger partial charge is 0.201 e. The summed E-state index contributed by atoms with van der Waals surface area (Å²) in [6.07, 6.45) is 2.13. The van der Waals surface area contributed by atoms with Crippen LogP contribution in [-0.2, 0) is 9.47 Å². The molecular weight excluding hydrogens is 255 g/mol. The summed E-state index contributed by atoms with van der Waals surface area (Å²) in [5, 5.41) is 0. The van der Waals surface area contributed by atoms with E-state index in [9.17, 15) is 0 Å². The molecule has 0 aromatic heterocycles. The van der Waals surface area contributed by atoms with E-state index in [4.69, 9.17) is 9.47 Å². The second-order valence-electron chi connectivity index (χ2n) is 3.04. The van der Waals surface area contributed by atoms with Crippen molar-refractivity contribution in [1.29, 1.82) is 0 Å². The first-order valence-corrected chi connectivity index (χ1v) is 4.96. The van der Waals surface area contributed by atoms with Crippen molar-refractivity contribution in [2.24, 2.45) is 0 Å². The van der Waals surface area contributed by atoms with Gasteiger partial charge in [-0.2, -0.15) is 0 Å². The Kier molecular flexibility index (Phi) is 1.97. The molecule has 0 unspecified atom stereocenters. The van der Waals surface area contributed by atoms with Gasteiger partial charge in [-0.1, -0.05) is 5.57 Å². The zero-order valence-corrected chi connectivity index (χ0v) is 8.68. The first kappa shape index (κ1) is 8.01. The Labute approximate surface area is 80.1 Å². The zero-order chi connectivity index (χ0) is 7.90. The molecule has 2 rings (SSSR count). The van der Waals surface area contributed by atoms with Gasteiger partial charge in [0, 0.05) is 10.0 Å². The highest BCUT2D eigenvalue weighted by Gasteiger charge is 2.43. The van der Waals surface area contributed by atoms with Crippen LogP contribution in [0.25, 0.3) is 0 Å². The second kappa shape index (κ2) is 2.71. The number of rotatable bonds is 0. The van der Waals surface area contributed by atoms with Crippen LogP contribution < -0.4 is 0 Å². The van der Waals surface area contributed by atoms with Crippen molar-refractivity contribution < 1.29 is 9.47 Å². The fraction of sp³-hybridized carbons (Fsp3) is 0.750. The molecule has 1 heterocycles. The molecule has 0 atom stereocenters. The van der Waals surface area contributed by atoms with Gasteiger partial charge >= 0.3 is 0 Å². The molecule has 0 aromatic rings. The normalized spacial score (nSPS) is 28.9. The summed E-state index contributed by atoms with van der Waals surface area (Å²) in [5.41, 5.74) is 1.42. The van der Waals surface area contributed by atoms with E-state index in [1.165, 1.54) is 9.15 Å². The van der Waals surface area contributed by atoms with Gasteiger partial charge in [-0.25, -0.2) is 0 Å². The molecule has 0 bridgehead atoms. The third kappa shape index (κ3) is 1.13. The summed E-state index contributed by atoms with van der Waals surface area (Å²) < 4.78 is 12.5. The van der Waals surface area contributed by atoms with Gasteiger partial charge < -0.3 is 9.47 Å². The Hall–Kier alpha value is 0.390. The van der Waals surface area contributed by atoms with Gasteiger partial charge in [0.05, 0.1) is 13.2 Å². The molecular formula is C8H11IO2. The molecule has 2 aliphatic rings. The number of halogens is 1. The van der Waals surface area contributed by atoms with Crippen molar-refractivity contribution in [3.8, 4) is 0 Å². The molecule has 1 spiro atoms. The van der Waals surface area contributed by atoms with Gasteiger partial charge in [0.15, 0.2) is 0 Å². The van der Waals surface area contributed by atoms with Crippen molar-refractivity contribution in [3.05, 3.63) is 9.15 Å². The molecule has 0 N–H and O–H groups in total. The topological polar surface area (TPSA) is 18.5 Å². The van der Waals surface area contributed by atoms with Crippen LogP contribution in [0.1, 0.15) is 19.8 Å². The van der Waals surface area contributed by atoms with Gasteiger partial charge in [-0.3, -0.25) is 0 Å². The minimum absolute atomic E-state index is 0.315. The van der Waals surface area contributed by atoms with E-state index in [-0.39, 0.29) is 5.79 Å². The fourth-order valence-corrected chi connectivity index (χ4v) is 2.47. The van der Waals surface area contributed by atoms with E-state index < -0.39 is 0 Å². The lowest BCUT2D eigenvalue weighted by atomic mass is 10.2. The maximum absolute atomic E-state index is 5.60. The minimum Gasteiger partial charge on any atom is -0.343 e. The average Bonchev–Trinajstić information content (AvgIpc) is 2.56. The summed E-state index contributed by atoms with van der Waals surface area (Å²) in [6, 6.07) is 0. The predicted octanol–water partition coefficient (Wildman–Crippen LogP) is 2.23. The average molecular weight is 266 g/mol. The van der Waals surface area contributed by atoms with Gasteiger partial charge in [-0.15, -0.1) is 0 Å². The maximum Gasteiger partial charge on any atom is 0.201 e. The molecule has 2 nitrogen and oxygen atoms in total. The molecule has 0 saturated carbocycles. The highest BCUT2D eigenvalue weighted by atomic mass is 127. The van der Waals surface area contributed by atoms with Crippen LogP contribution in [0.4, 0.5) is 0 Å². The lowest BCUT2D eigenvalue weighted by Gasteiger charge is -2.21. The SMILES string of the molecule is CC1=C(I)C2(CC1)OCCO2. The summed E-state index contributed by atoms with van der Waals surface area (Å²) in [6.45, 7) is 3.65. The van der Waals surface area contributed by atoms with Gasteiger partial charge in [0.25, 0.3) is 0 Å². The maximum atomic E-state index is 5.60. The summed E-state index contributed by atoms with van der Waals surface area (Å²) in [5.74, 6) is -0.315. The van der Waals surface area contributed by atoms with Crippen molar-refractivity contribution in [2.75, 3.05) is 13.2 Å². The minimum atomic E-state index is -0.315. The van der Waals surface area contributed by atoms with Gasteiger partial charge in [0.2, 0.25) is 5.79 Å². The lowest BCUT2D eigenvalue weighted by Crippen LogP contribution is -2.26. The molecule has 0 radical (unpaired) electrons. The summed E-state index contributed by atoms with van der Waals surface area (Å²) >= 11 is 2.34. The van der Waals surface area contributed by atoms with Crippen molar-refractivity contribution in [2.45, 2.75) is 25.6 Å². The predicted molar refractivity (Wildman–Crippen MR) is 50.6 cm³/mol. The van der Waals surface area contributed by atoms with Crippen LogP contribution in [0.5, 0.6) is 0 Å². The molecule has 3 heteroatoms. The van der Waals surface area contributed by atoms with E-state index in [0.29, 0.717) is 0 Å². The Morgan fingerprint density at radius 1 is 1.36 bits per heavy atom. The largest absolute Gasteiger partial charge is 0.343 e. The molecule has 62 valence electrons. The van der Waals surface area contributed by atoms with Crippen LogP contribution in [0, 0.1) is 0 Å². The third-order valence-corrected chi connectivity index (χ3v) is 4.03. The molecule has 0 amide bonds.